The lowest BCUT2D eigenvalue weighted by atomic mass is 9.71. The summed E-state index contributed by atoms with van der Waals surface area (Å²) in [6.45, 7) is 14.0. The van der Waals surface area contributed by atoms with E-state index in [1.54, 1.807) is 16.7 Å². The van der Waals surface area contributed by atoms with Gasteiger partial charge < -0.3 is 33.7 Å². The van der Waals surface area contributed by atoms with E-state index in [-0.39, 0.29) is 36.6 Å². The van der Waals surface area contributed by atoms with E-state index in [0.29, 0.717) is 29.3 Å². The number of hydrogen-bond acceptors (Lipinski definition) is 10. The Morgan fingerprint density at radius 2 is 1.70 bits per heavy atom. The third-order valence-electron chi connectivity index (χ3n) is 12.9. The van der Waals surface area contributed by atoms with Crippen molar-refractivity contribution < 1.29 is 37.9 Å². The van der Waals surface area contributed by atoms with Gasteiger partial charge in [-0.1, -0.05) is 39.7 Å². The minimum Gasteiger partial charge on any atom is -0.467 e. The maximum Gasteiger partial charge on any atom is 0.494 e. The number of benzene rings is 1. The Morgan fingerprint density at radius 3 is 2.36 bits per heavy atom. The van der Waals surface area contributed by atoms with E-state index in [0.717, 1.165) is 50.4 Å². The van der Waals surface area contributed by atoms with Crippen molar-refractivity contribution >= 4 is 41.5 Å². The van der Waals surface area contributed by atoms with Crippen molar-refractivity contribution in [3.05, 3.63) is 28.6 Å². The molecule has 5 aliphatic rings. The van der Waals surface area contributed by atoms with Crippen molar-refractivity contribution in [1.82, 2.24) is 19.8 Å². The first-order valence-electron chi connectivity index (χ1n) is 19.4. The van der Waals surface area contributed by atoms with Gasteiger partial charge in [0.25, 0.3) is 11.6 Å². The van der Waals surface area contributed by atoms with Gasteiger partial charge in [0.15, 0.2) is 0 Å². The molecule has 0 radical (unpaired) electrons. The topological polar surface area (TPSA) is 148 Å². The second-order valence-electron chi connectivity index (χ2n) is 17.9. The SMILES string of the molecule is COC(=O)[C@@H]1C[C@@H]2CN1C(=O)[C@H](C(C)(C)C)NC(=O)O[C@@H]1C[C@@H]3CC[C@@H]3[C@H]1CCCCCn1c(nc3cc(B4OC(C)(C)C(C)(C)O4)ccc3c1=O)O2. The highest BCUT2D eigenvalue weighted by Gasteiger charge is 2.53. The predicted molar refractivity (Wildman–Crippen MR) is 198 cm³/mol. The highest BCUT2D eigenvalue weighted by molar-refractivity contribution is 6.62. The van der Waals surface area contributed by atoms with Gasteiger partial charge in [0.1, 0.15) is 24.3 Å². The van der Waals surface area contributed by atoms with Crippen molar-refractivity contribution in [3.8, 4) is 6.01 Å². The lowest BCUT2D eigenvalue weighted by molar-refractivity contribution is -0.152. The molecule has 1 N–H and O–H groups in total. The lowest BCUT2D eigenvalue weighted by Crippen LogP contribution is -2.57. The van der Waals surface area contributed by atoms with Gasteiger partial charge in [-0.05, 0) is 101 Å². The summed E-state index contributed by atoms with van der Waals surface area (Å²) in [5.41, 5.74) is -0.859. The van der Waals surface area contributed by atoms with Crippen LogP contribution in [0.25, 0.3) is 10.9 Å². The number of nitrogens with one attached hydrogen (secondary N) is 1. The maximum atomic E-state index is 14.4. The average Bonchev–Trinajstić information content (AvgIpc) is 3.67. The van der Waals surface area contributed by atoms with Crippen molar-refractivity contribution in [2.45, 2.75) is 142 Å². The van der Waals surface area contributed by atoms with Crippen LogP contribution in [-0.4, -0.2) is 88.7 Å². The van der Waals surface area contributed by atoms with Gasteiger partial charge in [-0.3, -0.25) is 14.2 Å². The predicted octanol–water partition coefficient (Wildman–Crippen LogP) is 4.35. The van der Waals surface area contributed by atoms with Gasteiger partial charge in [0.2, 0.25) is 5.91 Å². The Hall–Kier alpha value is -3.65. The minimum absolute atomic E-state index is 0.0256. The van der Waals surface area contributed by atoms with Gasteiger partial charge in [-0.2, -0.15) is 4.98 Å². The Labute approximate surface area is 311 Å². The first-order valence-corrected chi connectivity index (χ1v) is 19.4. The minimum atomic E-state index is -0.984. The fourth-order valence-electron chi connectivity index (χ4n) is 8.93. The molecule has 1 aromatic heterocycles. The molecule has 0 spiro atoms. The molecule has 2 amide bonds. The second-order valence-corrected chi connectivity index (χ2v) is 17.9. The molecule has 14 heteroatoms. The number of hydrogen-bond donors (Lipinski definition) is 1. The molecule has 4 heterocycles. The molecule has 1 aromatic carbocycles. The Balaban J connectivity index is 1.25. The molecule has 2 bridgehead atoms. The Morgan fingerprint density at radius 1 is 0.962 bits per heavy atom. The highest BCUT2D eigenvalue weighted by Crippen LogP contribution is 2.53. The molecule has 53 heavy (non-hydrogen) atoms. The molecular formula is C39H55BN4O9. The number of methoxy groups -OCH3 is 1. The summed E-state index contributed by atoms with van der Waals surface area (Å²) in [5, 5.41) is 3.34. The first-order chi connectivity index (χ1) is 25.0. The van der Waals surface area contributed by atoms with Crippen molar-refractivity contribution in [1.29, 1.82) is 0 Å². The van der Waals surface area contributed by atoms with Crippen LogP contribution in [0.1, 0.15) is 99.8 Å². The van der Waals surface area contributed by atoms with Crippen LogP contribution in [0.4, 0.5) is 4.79 Å². The van der Waals surface area contributed by atoms with Gasteiger partial charge in [0.05, 0.1) is 35.8 Å². The van der Waals surface area contributed by atoms with Crippen LogP contribution in [0, 0.1) is 23.2 Å². The third-order valence-corrected chi connectivity index (χ3v) is 12.9. The molecule has 2 aromatic rings. The van der Waals surface area contributed by atoms with Crippen LogP contribution in [-0.2, 0) is 34.9 Å². The molecule has 288 valence electrons. The summed E-state index contributed by atoms with van der Waals surface area (Å²) in [7, 11) is 0.638. The number of alkyl carbamates (subject to hydrolysis) is 1. The molecule has 3 aliphatic heterocycles. The van der Waals surface area contributed by atoms with Crippen LogP contribution in [0.2, 0.25) is 0 Å². The number of fused-ring (bicyclic) bond motifs is 7. The van der Waals surface area contributed by atoms with Crippen LogP contribution >= 0.6 is 0 Å². The van der Waals surface area contributed by atoms with Gasteiger partial charge in [0, 0.05) is 13.0 Å². The summed E-state index contributed by atoms with van der Waals surface area (Å²) in [4.78, 5) is 61.6. The van der Waals surface area contributed by atoms with E-state index in [1.165, 1.54) is 12.0 Å². The number of nitrogens with zero attached hydrogens (tertiary/aromatic N) is 3. The number of amides is 2. The summed E-state index contributed by atoms with van der Waals surface area (Å²) in [6, 6.07) is 3.60. The van der Waals surface area contributed by atoms with Gasteiger partial charge in [-0.25, -0.2) is 9.59 Å². The molecular weight excluding hydrogens is 679 g/mol. The average molecular weight is 735 g/mol. The van der Waals surface area contributed by atoms with Crippen LogP contribution in [0.3, 0.4) is 0 Å². The van der Waals surface area contributed by atoms with E-state index in [2.05, 4.69) is 5.32 Å². The molecule has 2 saturated heterocycles. The van der Waals surface area contributed by atoms with Gasteiger partial charge >= 0.3 is 19.2 Å². The second kappa shape index (κ2) is 13.9. The fourth-order valence-corrected chi connectivity index (χ4v) is 8.93. The molecule has 13 nitrogen and oxygen atoms in total. The molecule has 2 aliphatic carbocycles. The van der Waals surface area contributed by atoms with Crippen LogP contribution < -0.4 is 21.1 Å². The van der Waals surface area contributed by atoms with Gasteiger partial charge in [-0.15, -0.1) is 0 Å². The molecule has 4 fully saturated rings. The zero-order valence-corrected chi connectivity index (χ0v) is 32.4. The quantitative estimate of drug-likeness (QED) is 0.349. The molecule has 0 unspecified atom stereocenters. The summed E-state index contributed by atoms with van der Waals surface area (Å²) in [5.74, 6) is 0.325. The van der Waals surface area contributed by atoms with E-state index in [4.69, 9.17) is 28.5 Å². The standard InChI is InChI=1S/C39H55BN4O9/c1-37(2,3)31-33(46)44-21-24(20-29(44)34(47)49-8)50-35-41-28-19-23(40-52-38(4,5)39(6,7)53-40)14-16-27(28)32(45)43(35)17-11-9-10-12-26-25-15-13-22(25)18-30(26)51-36(48)42-31/h14,16,19,22,24-26,29-31H,9-13,15,17-18,20-21H2,1-8H3,(H,42,48)/t22-,24+,25-,26+,29-,30+,31+/m0/s1. The molecule has 7 atom stereocenters. The number of ether oxygens (including phenoxy) is 3. The molecule has 2 saturated carbocycles. The fraction of sp³-hybridized carbons (Fsp3) is 0.718. The zero-order valence-electron chi connectivity index (χ0n) is 32.4. The summed E-state index contributed by atoms with van der Waals surface area (Å²) < 4.78 is 31.9. The Bertz CT molecular complexity index is 1810. The van der Waals surface area contributed by atoms with Crippen molar-refractivity contribution in [2.24, 2.45) is 23.2 Å². The lowest BCUT2D eigenvalue weighted by Gasteiger charge is -2.35. The number of carbonyl (C=O) groups excluding carboxylic acids is 3. The van der Waals surface area contributed by atoms with Crippen molar-refractivity contribution in [3.63, 3.8) is 0 Å². The van der Waals surface area contributed by atoms with Crippen LogP contribution in [0.5, 0.6) is 6.01 Å². The zero-order chi connectivity index (χ0) is 38.0. The maximum absolute atomic E-state index is 14.4. The third kappa shape index (κ3) is 7.06. The number of rotatable bonds is 2. The molecule has 7 rings (SSSR count). The smallest absolute Gasteiger partial charge is 0.467 e. The van der Waals surface area contributed by atoms with E-state index in [9.17, 15) is 19.2 Å². The number of esters is 1. The highest BCUT2D eigenvalue weighted by atomic mass is 16.7. The normalized spacial score (nSPS) is 31.6. The summed E-state index contributed by atoms with van der Waals surface area (Å²) in [6.07, 6.45) is 5.18. The largest absolute Gasteiger partial charge is 0.494 e. The number of aromatic nitrogens is 2. The monoisotopic (exact) mass is 734 g/mol. The van der Waals surface area contributed by atoms with E-state index < -0.39 is 59.9 Å². The van der Waals surface area contributed by atoms with E-state index >= 15 is 0 Å². The number of carbonyl (C=O) groups is 3. The van der Waals surface area contributed by atoms with E-state index in [1.807, 2.05) is 54.5 Å². The van der Waals surface area contributed by atoms with Crippen LogP contribution in [0.15, 0.2) is 23.0 Å². The first kappa shape index (κ1) is 37.7. The summed E-state index contributed by atoms with van der Waals surface area (Å²) >= 11 is 0. The van der Waals surface area contributed by atoms with Crippen molar-refractivity contribution in [2.75, 3.05) is 13.7 Å². The Kier molecular flexibility index (Phi) is 9.87.